The SMILES string of the molecule is CC1(COc2ccc(C#N)cc2)CN(C(=O)OC(C)(C)C)C1. The highest BCUT2D eigenvalue weighted by Crippen LogP contribution is 2.32. The molecule has 0 aromatic heterocycles. The van der Waals surface area contributed by atoms with Crippen LogP contribution in [-0.2, 0) is 4.74 Å². The molecule has 0 radical (unpaired) electrons. The van der Waals surface area contributed by atoms with E-state index in [4.69, 9.17) is 14.7 Å². The minimum Gasteiger partial charge on any atom is -0.493 e. The normalized spacial score (nSPS) is 16.4. The first-order valence-corrected chi connectivity index (χ1v) is 7.32. The molecule has 5 nitrogen and oxygen atoms in total. The molecule has 1 fully saturated rings. The maximum atomic E-state index is 11.9. The van der Waals surface area contributed by atoms with E-state index in [-0.39, 0.29) is 11.5 Å². The van der Waals surface area contributed by atoms with E-state index in [1.54, 1.807) is 29.2 Å². The average Bonchev–Trinajstić information content (AvgIpc) is 2.40. The minimum absolute atomic E-state index is 0.0647. The Morgan fingerprint density at radius 2 is 1.91 bits per heavy atom. The molecule has 1 aliphatic heterocycles. The first kappa shape index (κ1) is 16.2. The second-order valence-electron chi connectivity index (χ2n) is 7.07. The van der Waals surface area contributed by atoms with Crippen LogP contribution in [0.3, 0.4) is 0 Å². The van der Waals surface area contributed by atoms with Crippen LogP contribution in [0.15, 0.2) is 24.3 Å². The highest BCUT2D eigenvalue weighted by Gasteiger charge is 2.43. The predicted octanol–water partition coefficient (Wildman–Crippen LogP) is 3.19. The molecule has 0 N–H and O–H groups in total. The highest BCUT2D eigenvalue weighted by atomic mass is 16.6. The van der Waals surface area contributed by atoms with Gasteiger partial charge < -0.3 is 14.4 Å². The maximum absolute atomic E-state index is 11.9. The Hall–Kier alpha value is -2.22. The average molecular weight is 302 g/mol. The van der Waals surface area contributed by atoms with Crippen molar-refractivity contribution in [1.29, 1.82) is 5.26 Å². The number of carbonyl (C=O) groups is 1. The summed E-state index contributed by atoms with van der Waals surface area (Å²) >= 11 is 0. The Bertz CT molecular complexity index is 575. The number of benzene rings is 1. The molecular weight excluding hydrogens is 280 g/mol. The van der Waals surface area contributed by atoms with E-state index >= 15 is 0 Å². The van der Waals surface area contributed by atoms with Crippen molar-refractivity contribution in [1.82, 2.24) is 4.90 Å². The van der Waals surface area contributed by atoms with Crippen LogP contribution in [0, 0.1) is 16.7 Å². The van der Waals surface area contributed by atoms with Crippen LogP contribution >= 0.6 is 0 Å². The van der Waals surface area contributed by atoms with Gasteiger partial charge in [0.2, 0.25) is 0 Å². The van der Waals surface area contributed by atoms with Gasteiger partial charge in [-0.2, -0.15) is 5.26 Å². The highest BCUT2D eigenvalue weighted by molar-refractivity contribution is 5.69. The molecule has 22 heavy (non-hydrogen) atoms. The molecule has 0 unspecified atom stereocenters. The summed E-state index contributed by atoms with van der Waals surface area (Å²) in [6.45, 7) is 9.43. The van der Waals surface area contributed by atoms with E-state index in [1.807, 2.05) is 20.8 Å². The van der Waals surface area contributed by atoms with Crippen LogP contribution in [0.1, 0.15) is 33.3 Å². The van der Waals surface area contributed by atoms with Crippen molar-refractivity contribution in [2.24, 2.45) is 5.41 Å². The molecule has 1 aromatic carbocycles. The van der Waals surface area contributed by atoms with Gasteiger partial charge in [0.1, 0.15) is 11.4 Å². The van der Waals surface area contributed by atoms with Gasteiger partial charge in [-0.3, -0.25) is 0 Å². The van der Waals surface area contributed by atoms with Gasteiger partial charge in [-0.15, -0.1) is 0 Å². The summed E-state index contributed by atoms with van der Waals surface area (Å²) in [6, 6.07) is 9.10. The molecule has 0 saturated carbocycles. The second kappa shape index (κ2) is 5.88. The summed E-state index contributed by atoms with van der Waals surface area (Å²) in [7, 11) is 0. The molecule has 1 saturated heterocycles. The van der Waals surface area contributed by atoms with Gasteiger partial charge >= 0.3 is 6.09 Å². The fourth-order valence-corrected chi connectivity index (χ4v) is 2.31. The number of amides is 1. The molecule has 5 heteroatoms. The van der Waals surface area contributed by atoms with Gasteiger partial charge in [-0.05, 0) is 45.0 Å². The van der Waals surface area contributed by atoms with Crippen molar-refractivity contribution in [2.75, 3.05) is 19.7 Å². The van der Waals surface area contributed by atoms with Crippen LogP contribution in [-0.4, -0.2) is 36.3 Å². The second-order valence-corrected chi connectivity index (χ2v) is 7.07. The molecule has 1 heterocycles. The monoisotopic (exact) mass is 302 g/mol. The van der Waals surface area contributed by atoms with Gasteiger partial charge in [0.05, 0.1) is 18.2 Å². The lowest BCUT2D eigenvalue weighted by Crippen LogP contribution is -2.60. The number of likely N-dealkylation sites (tertiary alicyclic amines) is 1. The molecule has 1 amide bonds. The van der Waals surface area contributed by atoms with Crippen molar-refractivity contribution >= 4 is 6.09 Å². The molecule has 0 spiro atoms. The number of rotatable bonds is 3. The zero-order valence-corrected chi connectivity index (χ0v) is 13.5. The van der Waals surface area contributed by atoms with Crippen LogP contribution in [0.4, 0.5) is 4.79 Å². The van der Waals surface area contributed by atoms with Gasteiger partial charge in [0.25, 0.3) is 0 Å². The van der Waals surface area contributed by atoms with Gasteiger partial charge in [-0.25, -0.2) is 4.79 Å². The molecule has 1 aliphatic rings. The smallest absolute Gasteiger partial charge is 0.410 e. The van der Waals surface area contributed by atoms with Crippen molar-refractivity contribution in [3.05, 3.63) is 29.8 Å². The maximum Gasteiger partial charge on any atom is 0.410 e. The third-order valence-electron chi connectivity index (χ3n) is 3.37. The fourth-order valence-electron chi connectivity index (χ4n) is 2.31. The van der Waals surface area contributed by atoms with Crippen LogP contribution in [0.2, 0.25) is 0 Å². The Labute approximate surface area is 131 Å². The molecular formula is C17H22N2O3. The molecule has 0 aliphatic carbocycles. The van der Waals surface area contributed by atoms with E-state index in [9.17, 15) is 4.79 Å². The summed E-state index contributed by atoms with van der Waals surface area (Å²) in [4.78, 5) is 13.6. The topological polar surface area (TPSA) is 62.6 Å². The van der Waals surface area contributed by atoms with Crippen molar-refractivity contribution in [3.8, 4) is 11.8 Å². The zero-order chi connectivity index (χ0) is 16.4. The zero-order valence-electron chi connectivity index (χ0n) is 13.5. The summed E-state index contributed by atoms with van der Waals surface area (Å²) in [6.07, 6.45) is -0.275. The van der Waals surface area contributed by atoms with Crippen molar-refractivity contribution in [3.63, 3.8) is 0 Å². The number of nitriles is 1. The lowest BCUT2D eigenvalue weighted by molar-refractivity contribution is -0.0428. The number of ether oxygens (including phenoxy) is 2. The van der Waals surface area contributed by atoms with Gasteiger partial charge in [0, 0.05) is 18.5 Å². The van der Waals surface area contributed by atoms with E-state index in [1.165, 1.54) is 0 Å². The molecule has 1 aromatic rings. The number of nitrogens with zero attached hydrogens (tertiary/aromatic N) is 2. The minimum atomic E-state index is -0.470. The third kappa shape index (κ3) is 4.14. The van der Waals surface area contributed by atoms with E-state index < -0.39 is 5.60 Å². The predicted molar refractivity (Wildman–Crippen MR) is 82.6 cm³/mol. The van der Waals surface area contributed by atoms with Crippen LogP contribution in [0.5, 0.6) is 5.75 Å². The van der Waals surface area contributed by atoms with E-state index in [0.29, 0.717) is 25.3 Å². The van der Waals surface area contributed by atoms with Gasteiger partial charge in [-0.1, -0.05) is 6.92 Å². The van der Waals surface area contributed by atoms with E-state index in [0.717, 1.165) is 5.75 Å². The molecule has 0 bridgehead atoms. The summed E-state index contributed by atoms with van der Waals surface area (Å²) < 4.78 is 11.1. The quantitative estimate of drug-likeness (QED) is 0.860. The first-order valence-electron chi connectivity index (χ1n) is 7.32. The summed E-state index contributed by atoms with van der Waals surface area (Å²) in [5.41, 5.74) is 0.0747. The Morgan fingerprint density at radius 1 is 1.32 bits per heavy atom. The largest absolute Gasteiger partial charge is 0.493 e. The fraction of sp³-hybridized carbons (Fsp3) is 0.529. The Kier molecular flexibility index (Phi) is 4.32. The van der Waals surface area contributed by atoms with Gasteiger partial charge in [0.15, 0.2) is 0 Å². The number of hydrogen-bond acceptors (Lipinski definition) is 4. The Morgan fingerprint density at radius 3 is 2.41 bits per heavy atom. The first-order chi connectivity index (χ1) is 10.2. The summed E-state index contributed by atoms with van der Waals surface area (Å²) in [5.74, 6) is 0.732. The van der Waals surface area contributed by atoms with Crippen LogP contribution in [0.25, 0.3) is 0 Å². The lowest BCUT2D eigenvalue weighted by atomic mass is 9.83. The molecule has 118 valence electrons. The molecule has 2 rings (SSSR count). The number of hydrogen-bond donors (Lipinski definition) is 0. The van der Waals surface area contributed by atoms with Crippen LogP contribution < -0.4 is 4.74 Å². The van der Waals surface area contributed by atoms with Crippen molar-refractivity contribution < 1.29 is 14.3 Å². The Balaban J connectivity index is 1.80. The third-order valence-corrected chi connectivity index (χ3v) is 3.37. The standard InChI is InChI=1S/C17H22N2O3/c1-16(2,3)22-15(20)19-10-17(4,11-19)12-21-14-7-5-13(9-18)6-8-14/h5-8H,10-12H2,1-4H3. The lowest BCUT2D eigenvalue weighted by Gasteiger charge is -2.47. The summed E-state index contributed by atoms with van der Waals surface area (Å²) in [5, 5.41) is 8.76. The van der Waals surface area contributed by atoms with E-state index in [2.05, 4.69) is 13.0 Å². The number of carbonyl (C=O) groups excluding carboxylic acids is 1. The van der Waals surface area contributed by atoms with Crippen molar-refractivity contribution in [2.45, 2.75) is 33.3 Å². The molecule has 0 atom stereocenters.